The lowest BCUT2D eigenvalue weighted by Crippen LogP contribution is -2.16. The molecule has 1 aromatic heterocycles. The molecular weight excluding hydrogens is 443 g/mol. The largest absolute Gasteiger partial charge is 0.416 e. The van der Waals surface area contributed by atoms with Crippen LogP contribution in [0.3, 0.4) is 0 Å². The smallest absolute Gasteiger partial charge is 0.322 e. The second-order valence-electron chi connectivity index (χ2n) is 7.58. The number of anilines is 2. The van der Waals surface area contributed by atoms with E-state index in [2.05, 4.69) is 22.2 Å². The molecule has 0 bridgehead atoms. The van der Waals surface area contributed by atoms with E-state index < -0.39 is 23.6 Å². The Morgan fingerprint density at radius 3 is 2.44 bits per heavy atom. The summed E-state index contributed by atoms with van der Waals surface area (Å²) in [6, 6.07) is 12.7. The number of hydrogen-bond acceptors (Lipinski definition) is 3. The van der Waals surface area contributed by atoms with Gasteiger partial charge in [0, 0.05) is 28.7 Å². The number of amides is 2. The zero-order valence-corrected chi connectivity index (χ0v) is 18.5. The van der Waals surface area contributed by atoms with Gasteiger partial charge in [-0.25, -0.2) is 0 Å². The molecule has 0 fully saturated rings. The van der Waals surface area contributed by atoms with Crippen LogP contribution in [-0.2, 0) is 11.0 Å². The fraction of sp³-hybridized carbons (Fsp3) is 0.115. The summed E-state index contributed by atoms with van der Waals surface area (Å²) in [5, 5.41) is 5.29. The van der Waals surface area contributed by atoms with Crippen LogP contribution in [0.2, 0.25) is 0 Å². The Kier molecular flexibility index (Phi) is 7.31. The lowest BCUT2D eigenvalue weighted by molar-refractivity contribution is -0.137. The number of nitrogens with zero attached hydrogens (tertiary/aromatic N) is 1. The van der Waals surface area contributed by atoms with Crippen LogP contribution in [0.4, 0.5) is 24.5 Å². The number of carbonyl (C=O) groups is 2. The number of hydrogen-bond donors (Lipinski definition) is 2. The molecule has 8 heteroatoms. The molecule has 2 aromatic carbocycles. The summed E-state index contributed by atoms with van der Waals surface area (Å²) in [5.74, 6) is -1.15. The van der Waals surface area contributed by atoms with Crippen molar-refractivity contribution in [3.05, 3.63) is 107 Å². The van der Waals surface area contributed by atoms with Crippen molar-refractivity contribution in [2.75, 3.05) is 10.6 Å². The number of benzene rings is 2. The highest BCUT2D eigenvalue weighted by atomic mass is 19.4. The van der Waals surface area contributed by atoms with Crippen molar-refractivity contribution in [3.63, 3.8) is 0 Å². The third-order valence-corrected chi connectivity index (χ3v) is 4.98. The molecule has 0 aliphatic rings. The van der Waals surface area contributed by atoms with Gasteiger partial charge in [-0.05, 0) is 73.5 Å². The van der Waals surface area contributed by atoms with E-state index in [-0.39, 0.29) is 11.1 Å². The first-order valence-electron chi connectivity index (χ1n) is 10.2. The molecule has 0 aliphatic carbocycles. The molecule has 0 spiro atoms. The van der Waals surface area contributed by atoms with Gasteiger partial charge >= 0.3 is 6.18 Å². The van der Waals surface area contributed by atoms with Crippen molar-refractivity contribution in [1.82, 2.24) is 4.98 Å². The maximum absolute atomic E-state index is 12.9. The van der Waals surface area contributed by atoms with Crippen LogP contribution >= 0.6 is 0 Å². The summed E-state index contributed by atoms with van der Waals surface area (Å²) in [7, 11) is 0. The average molecular weight is 465 g/mol. The minimum atomic E-state index is -4.55. The van der Waals surface area contributed by atoms with E-state index >= 15 is 0 Å². The van der Waals surface area contributed by atoms with Crippen molar-refractivity contribution in [2.24, 2.45) is 0 Å². The second kappa shape index (κ2) is 10.2. The molecule has 174 valence electrons. The SMILES string of the molecule is C=C(/C=C\c1ncccc1C)C(=O)Nc1cc(NC(=O)c2cccc(C(F)(F)F)c2)ccc1C. The normalized spacial score (nSPS) is 11.3. The quantitative estimate of drug-likeness (QED) is 0.337. The molecule has 0 radical (unpaired) electrons. The van der Waals surface area contributed by atoms with Crippen molar-refractivity contribution in [3.8, 4) is 0 Å². The molecule has 0 saturated carbocycles. The lowest BCUT2D eigenvalue weighted by atomic mass is 10.1. The summed E-state index contributed by atoms with van der Waals surface area (Å²) < 4.78 is 38.8. The number of alkyl halides is 3. The summed E-state index contributed by atoms with van der Waals surface area (Å²) in [6.45, 7) is 7.44. The second-order valence-corrected chi connectivity index (χ2v) is 7.58. The average Bonchev–Trinajstić information content (AvgIpc) is 2.80. The van der Waals surface area contributed by atoms with Gasteiger partial charge in [0.25, 0.3) is 11.8 Å². The third kappa shape index (κ3) is 6.19. The molecule has 2 amide bonds. The van der Waals surface area contributed by atoms with Crippen molar-refractivity contribution in [1.29, 1.82) is 0 Å². The van der Waals surface area contributed by atoms with Crippen molar-refractivity contribution in [2.45, 2.75) is 20.0 Å². The van der Waals surface area contributed by atoms with Gasteiger partial charge in [0.15, 0.2) is 0 Å². The van der Waals surface area contributed by atoms with E-state index in [4.69, 9.17) is 0 Å². The van der Waals surface area contributed by atoms with E-state index in [9.17, 15) is 22.8 Å². The highest BCUT2D eigenvalue weighted by molar-refractivity contribution is 6.07. The molecule has 0 aliphatic heterocycles. The Labute approximate surface area is 195 Å². The van der Waals surface area contributed by atoms with Crippen LogP contribution in [0.15, 0.2) is 79.0 Å². The number of aryl methyl sites for hydroxylation is 2. The molecule has 0 unspecified atom stereocenters. The highest BCUT2D eigenvalue weighted by Crippen LogP contribution is 2.30. The first-order valence-corrected chi connectivity index (χ1v) is 10.2. The summed E-state index contributed by atoms with van der Waals surface area (Å²) in [4.78, 5) is 29.3. The molecule has 0 atom stereocenters. The molecule has 3 aromatic rings. The number of pyridine rings is 1. The first-order chi connectivity index (χ1) is 16.0. The predicted octanol–water partition coefficient (Wildman–Crippen LogP) is 6.18. The standard InChI is InChI=1S/C26H22F3N3O2/c1-16-6-5-13-30-22(16)12-10-18(3)24(33)32-23-15-21(11-9-17(23)2)31-25(34)19-7-4-8-20(14-19)26(27,28)29/h4-15H,3H2,1-2H3,(H,31,34)(H,32,33)/b12-10-. The van der Waals surface area contributed by atoms with Crippen LogP contribution in [0.5, 0.6) is 0 Å². The zero-order valence-electron chi connectivity index (χ0n) is 18.5. The molecule has 1 heterocycles. The van der Waals surface area contributed by atoms with E-state index in [1.807, 2.05) is 19.1 Å². The molecule has 0 saturated heterocycles. The number of carbonyl (C=O) groups excluding carboxylic acids is 2. The number of aromatic nitrogens is 1. The summed E-state index contributed by atoms with van der Waals surface area (Å²) in [6.07, 6.45) is 0.344. The van der Waals surface area contributed by atoms with Crippen LogP contribution in [-0.4, -0.2) is 16.8 Å². The first kappa shape index (κ1) is 24.4. The van der Waals surface area contributed by atoms with E-state index in [1.54, 1.807) is 37.4 Å². The Bertz CT molecular complexity index is 1280. The van der Waals surface area contributed by atoms with E-state index in [1.165, 1.54) is 18.2 Å². The van der Waals surface area contributed by atoms with Gasteiger partial charge in [-0.3, -0.25) is 14.6 Å². The van der Waals surface area contributed by atoms with Crippen LogP contribution in [0, 0.1) is 13.8 Å². The topological polar surface area (TPSA) is 71.1 Å². The van der Waals surface area contributed by atoms with Crippen LogP contribution in [0.1, 0.15) is 32.7 Å². The minimum Gasteiger partial charge on any atom is -0.322 e. The van der Waals surface area contributed by atoms with Gasteiger partial charge in [-0.15, -0.1) is 0 Å². The number of nitrogens with one attached hydrogen (secondary N) is 2. The van der Waals surface area contributed by atoms with Gasteiger partial charge in [-0.2, -0.15) is 13.2 Å². The van der Waals surface area contributed by atoms with Crippen LogP contribution < -0.4 is 10.6 Å². The van der Waals surface area contributed by atoms with E-state index in [0.717, 1.165) is 23.3 Å². The molecule has 5 nitrogen and oxygen atoms in total. The van der Waals surface area contributed by atoms with Gasteiger partial charge in [0.2, 0.25) is 0 Å². The van der Waals surface area contributed by atoms with Crippen LogP contribution in [0.25, 0.3) is 6.08 Å². The molecule has 34 heavy (non-hydrogen) atoms. The zero-order chi connectivity index (χ0) is 24.9. The fourth-order valence-electron chi connectivity index (χ4n) is 3.00. The van der Waals surface area contributed by atoms with Crippen molar-refractivity contribution < 1.29 is 22.8 Å². The maximum atomic E-state index is 12.9. The summed E-state index contributed by atoms with van der Waals surface area (Å²) >= 11 is 0. The predicted molar refractivity (Wildman–Crippen MR) is 126 cm³/mol. The number of halogens is 3. The number of rotatable bonds is 6. The molecule has 2 N–H and O–H groups in total. The fourth-order valence-corrected chi connectivity index (χ4v) is 3.00. The van der Waals surface area contributed by atoms with Gasteiger partial charge in [-0.1, -0.05) is 24.8 Å². The Hall–Kier alpha value is -4.20. The third-order valence-electron chi connectivity index (χ3n) is 4.98. The monoisotopic (exact) mass is 465 g/mol. The Morgan fingerprint density at radius 2 is 1.74 bits per heavy atom. The van der Waals surface area contributed by atoms with Gasteiger partial charge in [0.05, 0.1) is 11.3 Å². The Morgan fingerprint density at radius 1 is 0.971 bits per heavy atom. The Balaban J connectivity index is 1.71. The maximum Gasteiger partial charge on any atom is 0.416 e. The lowest BCUT2D eigenvalue weighted by Gasteiger charge is -2.12. The highest BCUT2D eigenvalue weighted by Gasteiger charge is 2.30. The summed E-state index contributed by atoms with van der Waals surface area (Å²) in [5.41, 5.74) is 2.28. The molecular formula is C26H22F3N3O2. The molecule has 3 rings (SSSR count). The minimum absolute atomic E-state index is 0.135. The van der Waals surface area contributed by atoms with Crippen molar-refractivity contribution >= 4 is 29.3 Å². The van der Waals surface area contributed by atoms with Gasteiger partial charge in [0.1, 0.15) is 0 Å². The van der Waals surface area contributed by atoms with E-state index in [0.29, 0.717) is 17.1 Å². The van der Waals surface area contributed by atoms with Gasteiger partial charge < -0.3 is 10.6 Å².